The second kappa shape index (κ2) is 10.4. The number of aromatic nitrogens is 3. The first kappa shape index (κ1) is 21.4. The molecule has 0 aliphatic rings. The molecule has 0 spiro atoms. The molecular weight excluding hydrogens is 407 g/mol. The highest BCUT2D eigenvalue weighted by Gasteiger charge is 2.18. The molecule has 0 bridgehead atoms. The fourth-order valence-electron chi connectivity index (χ4n) is 2.55. The molecule has 0 aliphatic heterocycles. The van der Waals surface area contributed by atoms with Crippen LogP contribution >= 0.6 is 11.8 Å². The van der Waals surface area contributed by atoms with Crippen molar-refractivity contribution in [2.45, 2.75) is 11.8 Å². The summed E-state index contributed by atoms with van der Waals surface area (Å²) in [7, 11) is 1.59. The van der Waals surface area contributed by atoms with Crippen molar-refractivity contribution in [2.24, 2.45) is 0 Å². The number of rotatable bonds is 10. The van der Waals surface area contributed by atoms with Gasteiger partial charge in [0.2, 0.25) is 5.91 Å². The predicted molar refractivity (Wildman–Crippen MR) is 113 cm³/mol. The van der Waals surface area contributed by atoms with Gasteiger partial charge in [-0.25, -0.2) is 4.39 Å². The molecule has 156 valence electrons. The van der Waals surface area contributed by atoms with Crippen LogP contribution in [0.1, 0.15) is 5.82 Å². The van der Waals surface area contributed by atoms with Crippen molar-refractivity contribution in [3.8, 4) is 17.2 Å². The van der Waals surface area contributed by atoms with Crippen LogP contribution in [0.25, 0.3) is 5.69 Å². The Bertz CT molecular complexity index is 1010. The summed E-state index contributed by atoms with van der Waals surface area (Å²) in [6, 6.07) is 13.4. The summed E-state index contributed by atoms with van der Waals surface area (Å²) < 4.78 is 27.0. The van der Waals surface area contributed by atoms with E-state index in [0.29, 0.717) is 29.0 Å². The molecule has 2 aromatic carbocycles. The smallest absolute Gasteiger partial charge is 0.230 e. The van der Waals surface area contributed by atoms with Crippen LogP contribution in [0.3, 0.4) is 0 Å². The number of hydrogen-bond acceptors (Lipinski definition) is 6. The number of nitrogens with one attached hydrogen (secondary N) is 1. The lowest BCUT2D eigenvalue weighted by Gasteiger charge is -2.12. The summed E-state index contributed by atoms with van der Waals surface area (Å²) in [5.41, 5.74) is 0.282. The number of para-hydroxylation sites is 1. The highest BCUT2D eigenvalue weighted by atomic mass is 32.2. The highest BCUT2D eigenvalue weighted by Crippen LogP contribution is 2.25. The maximum absolute atomic E-state index is 14.5. The molecule has 0 fully saturated rings. The lowest BCUT2D eigenvalue weighted by Crippen LogP contribution is -2.25. The third-order valence-corrected chi connectivity index (χ3v) is 4.93. The molecule has 0 saturated heterocycles. The van der Waals surface area contributed by atoms with E-state index in [1.54, 1.807) is 60.2 Å². The number of benzene rings is 2. The Balaban J connectivity index is 1.81. The van der Waals surface area contributed by atoms with E-state index in [-0.39, 0.29) is 24.0 Å². The zero-order valence-electron chi connectivity index (χ0n) is 16.4. The Morgan fingerprint density at radius 1 is 1.20 bits per heavy atom. The van der Waals surface area contributed by atoms with Gasteiger partial charge in [0.05, 0.1) is 18.6 Å². The predicted octanol–water partition coefficient (Wildman–Crippen LogP) is 3.39. The topological polar surface area (TPSA) is 78.3 Å². The summed E-state index contributed by atoms with van der Waals surface area (Å²) in [6.45, 7) is 4.00. The lowest BCUT2D eigenvalue weighted by atomic mass is 10.3. The highest BCUT2D eigenvalue weighted by molar-refractivity contribution is 7.99. The number of ether oxygens (including phenoxy) is 2. The van der Waals surface area contributed by atoms with Gasteiger partial charge in [-0.05, 0) is 36.4 Å². The summed E-state index contributed by atoms with van der Waals surface area (Å²) in [5, 5.41) is 11.4. The van der Waals surface area contributed by atoms with E-state index in [1.807, 2.05) is 0 Å². The summed E-state index contributed by atoms with van der Waals surface area (Å²) >= 11 is 1.16. The van der Waals surface area contributed by atoms with E-state index in [1.165, 1.54) is 6.07 Å². The number of hydrogen-bond donors (Lipinski definition) is 1. The minimum atomic E-state index is -0.430. The van der Waals surface area contributed by atoms with E-state index in [0.717, 1.165) is 11.8 Å². The second-order valence-electron chi connectivity index (χ2n) is 6.03. The number of amides is 1. The van der Waals surface area contributed by atoms with E-state index < -0.39 is 5.82 Å². The maximum atomic E-state index is 14.5. The zero-order chi connectivity index (χ0) is 21.3. The van der Waals surface area contributed by atoms with Crippen molar-refractivity contribution >= 4 is 17.7 Å². The first-order valence-corrected chi connectivity index (χ1v) is 10.1. The molecule has 30 heavy (non-hydrogen) atoms. The average Bonchev–Trinajstić information content (AvgIpc) is 3.18. The minimum absolute atomic E-state index is 0.0664. The number of methoxy groups -OCH3 is 1. The molecule has 0 atom stereocenters. The maximum Gasteiger partial charge on any atom is 0.230 e. The van der Waals surface area contributed by atoms with Crippen LogP contribution in [0, 0.1) is 5.82 Å². The minimum Gasteiger partial charge on any atom is -0.497 e. The van der Waals surface area contributed by atoms with Crippen molar-refractivity contribution < 1.29 is 18.7 Å². The van der Waals surface area contributed by atoms with E-state index in [2.05, 4.69) is 22.1 Å². The molecule has 3 aromatic rings. The first-order valence-electron chi connectivity index (χ1n) is 9.08. The van der Waals surface area contributed by atoms with Gasteiger partial charge in [0.1, 0.15) is 23.9 Å². The van der Waals surface area contributed by atoms with Crippen LogP contribution in [0.4, 0.5) is 4.39 Å². The molecule has 9 heteroatoms. The number of carbonyl (C=O) groups is 1. The molecule has 1 aromatic heterocycles. The quantitative estimate of drug-likeness (QED) is 0.394. The van der Waals surface area contributed by atoms with Gasteiger partial charge in [0.25, 0.3) is 0 Å². The Morgan fingerprint density at radius 3 is 2.63 bits per heavy atom. The Morgan fingerprint density at radius 2 is 1.93 bits per heavy atom. The third-order valence-electron chi connectivity index (χ3n) is 4.00. The van der Waals surface area contributed by atoms with Crippen molar-refractivity contribution in [1.29, 1.82) is 0 Å². The second-order valence-corrected chi connectivity index (χ2v) is 6.97. The number of nitrogens with zero attached hydrogens (tertiary/aromatic N) is 3. The van der Waals surface area contributed by atoms with Crippen LogP contribution in [-0.2, 0) is 11.4 Å². The summed E-state index contributed by atoms with van der Waals surface area (Å²) in [5.74, 6) is 1.23. The molecular formula is C21H21FN4O3S. The molecule has 0 radical (unpaired) electrons. The van der Waals surface area contributed by atoms with Gasteiger partial charge in [-0.1, -0.05) is 30.0 Å². The van der Waals surface area contributed by atoms with E-state index in [4.69, 9.17) is 9.47 Å². The van der Waals surface area contributed by atoms with Gasteiger partial charge in [-0.15, -0.1) is 16.8 Å². The summed E-state index contributed by atoms with van der Waals surface area (Å²) in [6.07, 6.45) is 1.60. The van der Waals surface area contributed by atoms with Gasteiger partial charge in [-0.2, -0.15) is 0 Å². The van der Waals surface area contributed by atoms with Gasteiger partial charge >= 0.3 is 0 Å². The Hall–Kier alpha value is -3.33. The van der Waals surface area contributed by atoms with Crippen molar-refractivity contribution in [3.05, 3.63) is 72.8 Å². The van der Waals surface area contributed by atoms with Crippen molar-refractivity contribution in [3.63, 3.8) is 0 Å². The molecule has 0 unspecified atom stereocenters. The zero-order valence-corrected chi connectivity index (χ0v) is 17.2. The first-order chi connectivity index (χ1) is 14.6. The molecule has 1 heterocycles. The van der Waals surface area contributed by atoms with Crippen molar-refractivity contribution in [2.75, 3.05) is 19.4 Å². The molecule has 7 nitrogen and oxygen atoms in total. The molecule has 1 amide bonds. The largest absolute Gasteiger partial charge is 0.497 e. The number of thioether (sulfide) groups is 1. The van der Waals surface area contributed by atoms with Gasteiger partial charge in [-0.3, -0.25) is 9.36 Å². The summed E-state index contributed by atoms with van der Waals surface area (Å²) in [4.78, 5) is 11.9. The fraction of sp³-hybridized carbons (Fsp3) is 0.190. The SMILES string of the molecule is C=CCNC(=O)CSc1nnc(COc2ccc(OC)cc2)n1-c1ccccc1F. The van der Waals surface area contributed by atoms with Crippen LogP contribution in [0.5, 0.6) is 11.5 Å². The van der Waals surface area contributed by atoms with Crippen LogP contribution in [-0.4, -0.2) is 40.1 Å². The van der Waals surface area contributed by atoms with Crippen LogP contribution < -0.4 is 14.8 Å². The lowest BCUT2D eigenvalue weighted by molar-refractivity contribution is -0.118. The van der Waals surface area contributed by atoms with Crippen molar-refractivity contribution in [1.82, 2.24) is 20.1 Å². The fourth-order valence-corrected chi connectivity index (χ4v) is 3.34. The number of halogens is 1. The Labute approximate surface area is 177 Å². The van der Waals surface area contributed by atoms with Crippen LogP contribution in [0.2, 0.25) is 0 Å². The van der Waals surface area contributed by atoms with E-state index >= 15 is 0 Å². The molecule has 3 rings (SSSR count). The monoisotopic (exact) mass is 428 g/mol. The standard InChI is InChI=1S/C21H21FN4O3S/c1-3-12-23-20(27)14-30-21-25-24-19(26(21)18-7-5-4-6-17(18)22)13-29-16-10-8-15(28-2)9-11-16/h3-11H,1,12-14H2,2H3,(H,23,27). The van der Waals surface area contributed by atoms with E-state index in [9.17, 15) is 9.18 Å². The molecule has 0 saturated carbocycles. The Kier molecular flexibility index (Phi) is 7.45. The van der Waals surface area contributed by atoms with Gasteiger partial charge < -0.3 is 14.8 Å². The average molecular weight is 428 g/mol. The number of carbonyl (C=O) groups excluding carboxylic acids is 1. The molecule has 1 N–H and O–H groups in total. The van der Waals surface area contributed by atoms with Gasteiger partial charge in [0, 0.05) is 6.54 Å². The third kappa shape index (κ3) is 5.38. The van der Waals surface area contributed by atoms with Gasteiger partial charge in [0.15, 0.2) is 11.0 Å². The van der Waals surface area contributed by atoms with Crippen LogP contribution in [0.15, 0.2) is 66.3 Å². The molecule has 0 aliphatic carbocycles. The normalized spacial score (nSPS) is 10.5.